The van der Waals surface area contributed by atoms with E-state index in [-0.39, 0.29) is 17.9 Å². The third-order valence-electron chi connectivity index (χ3n) is 5.58. The molecule has 3 aliphatic rings. The maximum Gasteiger partial charge on any atom is 0.326 e. The lowest BCUT2D eigenvalue weighted by Gasteiger charge is -2.36. The quantitative estimate of drug-likeness (QED) is 0.845. The molecule has 1 saturated heterocycles. The average molecular weight is 279 g/mol. The molecule has 3 atom stereocenters. The van der Waals surface area contributed by atoms with E-state index in [4.69, 9.17) is 0 Å². The highest BCUT2D eigenvalue weighted by molar-refractivity contribution is 5.86. The van der Waals surface area contributed by atoms with Gasteiger partial charge in [0, 0.05) is 12.0 Å². The normalized spacial score (nSPS) is 34.8. The second-order valence-electron chi connectivity index (χ2n) is 6.78. The van der Waals surface area contributed by atoms with E-state index in [0.29, 0.717) is 12.3 Å². The Kier molecular flexibility index (Phi) is 3.99. The van der Waals surface area contributed by atoms with E-state index in [9.17, 15) is 14.7 Å². The van der Waals surface area contributed by atoms with Crippen LogP contribution in [0.25, 0.3) is 0 Å². The summed E-state index contributed by atoms with van der Waals surface area (Å²) < 4.78 is 0. The molecule has 0 aromatic rings. The number of hydrogen-bond donors (Lipinski definition) is 1. The SMILES string of the molecule is O=C(O)C1CC2CCCCC2N1C(=O)C1CCCCC1. The van der Waals surface area contributed by atoms with Crippen molar-refractivity contribution in [2.24, 2.45) is 11.8 Å². The van der Waals surface area contributed by atoms with Crippen LogP contribution < -0.4 is 0 Å². The number of amides is 1. The molecule has 0 radical (unpaired) electrons. The van der Waals surface area contributed by atoms with Crippen LogP contribution in [-0.2, 0) is 9.59 Å². The zero-order valence-corrected chi connectivity index (χ0v) is 12.1. The van der Waals surface area contributed by atoms with E-state index in [1.807, 2.05) is 0 Å². The number of hydrogen-bond acceptors (Lipinski definition) is 2. The standard InChI is InChI=1S/C16H25NO3/c18-15(11-6-2-1-3-7-11)17-13-9-5-4-8-12(13)10-14(17)16(19)20/h11-14H,1-10H2,(H,19,20). The molecule has 0 bridgehead atoms. The van der Waals surface area contributed by atoms with Gasteiger partial charge >= 0.3 is 5.97 Å². The zero-order valence-electron chi connectivity index (χ0n) is 12.1. The van der Waals surface area contributed by atoms with Crippen molar-refractivity contribution < 1.29 is 14.7 Å². The van der Waals surface area contributed by atoms with Gasteiger partial charge in [0.25, 0.3) is 0 Å². The van der Waals surface area contributed by atoms with Crippen molar-refractivity contribution in [2.75, 3.05) is 0 Å². The summed E-state index contributed by atoms with van der Waals surface area (Å²) in [4.78, 5) is 26.2. The van der Waals surface area contributed by atoms with Crippen molar-refractivity contribution in [3.05, 3.63) is 0 Å². The van der Waals surface area contributed by atoms with Crippen molar-refractivity contribution in [1.29, 1.82) is 0 Å². The first-order valence-corrected chi connectivity index (χ1v) is 8.23. The highest BCUT2D eigenvalue weighted by atomic mass is 16.4. The molecule has 3 fully saturated rings. The van der Waals surface area contributed by atoms with E-state index in [1.165, 1.54) is 12.8 Å². The summed E-state index contributed by atoms with van der Waals surface area (Å²) in [5, 5.41) is 9.48. The van der Waals surface area contributed by atoms with Gasteiger partial charge in [-0.15, -0.1) is 0 Å². The van der Waals surface area contributed by atoms with Crippen LogP contribution in [0.3, 0.4) is 0 Å². The summed E-state index contributed by atoms with van der Waals surface area (Å²) in [6, 6.07) is -0.350. The van der Waals surface area contributed by atoms with Gasteiger partial charge in [0.2, 0.25) is 5.91 Å². The number of aliphatic carboxylic acids is 1. The van der Waals surface area contributed by atoms with Gasteiger partial charge in [-0.3, -0.25) is 4.79 Å². The number of rotatable bonds is 2. The first-order valence-electron chi connectivity index (χ1n) is 8.23. The number of fused-ring (bicyclic) bond motifs is 1. The van der Waals surface area contributed by atoms with E-state index in [0.717, 1.165) is 44.9 Å². The highest BCUT2D eigenvalue weighted by Crippen LogP contribution is 2.41. The van der Waals surface area contributed by atoms with Crippen LogP contribution in [0.5, 0.6) is 0 Å². The number of likely N-dealkylation sites (tertiary alicyclic amines) is 1. The van der Waals surface area contributed by atoms with E-state index in [2.05, 4.69) is 0 Å². The van der Waals surface area contributed by atoms with E-state index < -0.39 is 12.0 Å². The van der Waals surface area contributed by atoms with Gasteiger partial charge in [-0.1, -0.05) is 32.1 Å². The third-order valence-corrected chi connectivity index (χ3v) is 5.58. The number of carbonyl (C=O) groups is 2. The Morgan fingerprint density at radius 2 is 1.55 bits per heavy atom. The van der Waals surface area contributed by atoms with Gasteiger partial charge in [0.05, 0.1) is 0 Å². The van der Waals surface area contributed by atoms with E-state index >= 15 is 0 Å². The Labute approximate surface area is 120 Å². The highest BCUT2D eigenvalue weighted by Gasteiger charge is 2.48. The van der Waals surface area contributed by atoms with Gasteiger partial charge in [-0.25, -0.2) is 4.79 Å². The summed E-state index contributed by atoms with van der Waals surface area (Å²) in [5.74, 6) is -0.140. The summed E-state index contributed by atoms with van der Waals surface area (Å²) in [6.07, 6.45) is 10.5. The van der Waals surface area contributed by atoms with Crippen molar-refractivity contribution in [1.82, 2.24) is 4.90 Å². The lowest BCUT2D eigenvalue weighted by Crippen LogP contribution is -2.49. The zero-order chi connectivity index (χ0) is 14.1. The van der Waals surface area contributed by atoms with Crippen molar-refractivity contribution in [3.8, 4) is 0 Å². The van der Waals surface area contributed by atoms with Crippen LogP contribution >= 0.6 is 0 Å². The first-order chi connectivity index (χ1) is 9.68. The smallest absolute Gasteiger partial charge is 0.326 e. The lowest BCUT2D eigenvalue weighted by molar-refractivity contribution is -0.152. The molecule has 1 amide bonds. The van der Waals surface area contributed by atoms with Crippen molar-refractivity contribution in [2.45, 2.75) is 76.3 Å². The molecule has 20 heavy (non-hydrogen) atoms. The second kappa shape index (κ2) is 5.74. The third kappa shape index (κ3) is 2.45. The van der Waals surface area contributed by atoms with Crippen molar-refractivity contribution in [3.63, 3.8) is 0 Å². The van der Waals surface area contributed by atoms with E-state index in [1.54, 1.807) is 4.90 Å². The van der Waals surface area contributed by atoms with Crippen LogP contribution in [0.15, 0.2) is 0 Å². The number of carbonyl (C=O) groups excluding carboxylic acids is 1. The Bertz CT molecular complexity index is 389. The topological polar surface area (TPSA) is 57.6 Å². The van der Waals surface area contributed by atoms with Crippen LogP contribution in [0.4, 0.5) is 0 Å². The second-order valence-corrected chi connectivity index (χ2v) is 6.78. The largest absolute Gasteiger partial charge is 0.480 e. The minimum atomic E-state index is -0.802. The number of nitrogens with zero attached hydrogens (tertiary/aromatic N) is 1. The van der Waals surface area contributed by atoms with Gasteiger partial charge in [0.1, 0.15) is 6.04 Å². The van der Waals surface area contributed by atoms with Crippen LogP contribution in [0, 0.1) is 11.8 Å². The summed E-state index contributed by atoms with van der Waals surface area (Å²) in [6.45, 7) is 0. The maximum absolute atomic E-state index is 12.8. The Morgan fingerprint density at radius 1 is 0.900 bits per heavy atom. The molecular formula is C16H25NO3. The summed E-state index contributed by atoms with van der Waals surface area (Å²) in [7, 11) is 0. The van der Waals surface area contributed by atoms with Gasteiger partial charge < -0.3 is 10.0 Å². The Hall–Kier alpha value is -1.06. The summed E-state index contributed by atoms with van der Waals surface area (Å²) >= 11 is 0. The first kappa shape index (κ1) is 13.9. The lowest BCUT2D eigenvalue weighted by atomic mass is 9.84. The van der Waals surface area contributed by atoms with Gasteiger partial charge in [-0.2, -0.15) is 0 Å². The van der Waals surface area contributed by atoms with Crippen molar-refractivity contribution >= 4 is 11.9 Å². The molecule has 1 heterocycles. The molecule has 0 spiro atoms. The minimum Gasteiger partial charge on any atom is -0.480 e. The molecule has 2 aliphatic carbocycles. The van der Waals surface area contributed by atoms with Crippen LogP contribution in [0.2, 0.25) is 0 Å². The fourth-order valence-electron chi connectivity index (χ4n) is 4.56. The molecule has 112 valence electrons. The molecule has 3 rings (SSSR count). The molecule has 4 heteroatoms. The van der Waals surface area contributed by atoms with Gasteiger partial charge in [0.15, 0.2) is 0 Å². The fraction of sp³-hybridized carbons (Fsp3) is 0.875. The molecule has 3 unspecified atom stereocenters. The minimum absolute atomic E-state index is 0.0891. The fourth-order valence-corrected chi connectivity index (χ4v) is 4.56. The molecule has 1 aliphatic heterocycles. The van der Waals surface area contributed by atoms with Crippen LogP contribution in [0.1, 0.15) is 64.2 Å². The number of carboxylic acids is 1. The molecule has 2 saturated carbocycles. The maximum atomic E-state index is 12.8. The average Bonchev–Trinajstić information content (AvgIpc) is 2.87. The predicted octanol–water partition coefficient (Wildman–Crippen LogP) is 2.81. The van der Waals surface area contributed by atoms with Crippen LogP contribution in [-0.4, -0.2) is 34.0 Å². The monoisotopic (exact) mass is 279 g/mol. The predicted molar refractivity (Wildman–Crippen MR) is 75.2 cm³/mol. The molecule has 0 aromatic heterocycles. The Balaban J connectivity index is 1.79. The molecule has 4 nitrogen and oxygen atoms in total. The molecular weight excluding hydrogens is 254 g/mol. The number of carboxylic acid groups (broad SMARTS) is 1. The summed E-state index contributed by atoms with van der Waals surface area (Å²) in [5.41, 5.74) is 0. The van der Waals surface area contributed by atoms with Gasteiger partial charge in [-0.05, 0) is 38.0 Å². The molecule has 0 aromatic carbocycles. The Morgan fingerprint density at radius 3 is 2.25 bits per heavy atom. The molecule has 1 N–H and O–H groups in total.